The van der Waals surface area contributed by atoms with Gasteiger partial charge in [-0.2, -0.15) is 0 Å². The van der Waals surface area contributed by atoms with E-state index in [1.54, 1.807) is 30.1 Å². The van der Waals surface area contributed by atoms with Gasteiger partial charge in [0.1, 0.15) is 0 Å². The largest absolute Gasteiger partial charge is 0.340 e. The van der Waals surface area contributed by atoms with Gasteiger partial charge in [-0.25, -0.2) is 0 Å². The summed E-state index contributed by atoms with van der Waals surface area (Å²) in [5.74, 6) is -0.0613. The number of rotatable bonds is 4. The number of halogens is 2. The molecule has 0 fully saturated rings. The fourth-order valence-corrected chi connectivity index (χ4v) is 1.53. The Morgan fingerprint density at radius 2 is 2.06 bits per heavy atom. The Balaban J connectivity index is 2.76. The number of nitrogens with zero attached hydrogens (tertiary/aromatic N) is 1. The van der Waals surface area contributed by atoms with Gasteiger partial charge in [-0.15, -0.1) is 0 Å². The molecule has 1 amide bonds. The summed E-state index contributed by atoms with van der Waals surface area (Å²) < 4.78 is 0. The van der Waals surface area contributed by atoms with Crippen molar-refractivity contribution in [2.45, 2.75) is 0 Å². The maximum Gasteiger partial charge on any atom is 0.253 e. The average molecular weight is 261 g/mol. The summed E-state index contributed by atoms with van der Waals surface area (Å²) in [6.45, 7) is 1.40. The summed E-state index contributed by atoms with van der Waals surface area (Å²) in [5.41, 5.74) is 0.549. The van der Waals surface area contributed by atoms with E-state index in [1.807, 2.05) is 7.05 Å². The molecule has 0 aliphatic carbocycles. The van der Waals surface area contributed by atoms with E-state index in [-0.39, 0.29) is 5.91 Å². The molecule has 0 radical (unpaired) electrons. The monoisotopic (exact) mass is 260 g/mol. The lowest BCUT2D eigenvalue weighted by Crippen LogP contribution is -2.32. The minimum absolute atomic E-state index is 0.0613. The molecule has 1 aromatic carbocycles. The van der Waals surface area contributed by atoms with Gasteiger partial charge in [0.25, 0.3) is 5.91 Å². The number of benzene rings is 1. The summed E-state index contributed by atoms with van der Waals surface area (Å²) in [7, 11) is 3.60. The van der Waals surface area contributed by atoms with E-state index in [9.17, 15) is 4.79 Å². The van der Waals surface area contributed by atoms with Crippen molar-refractivity contribution in [3.05, 3.63) is 33.8 Å². The quantitative estimate of drug-likeness (QED) is 0.901. The molecule has 0 atom stereocenters. The molecular weight excluding hydrogens is 247 g/mol. The van der Waals surface area contributed by atoms with Crippen molar-refractivity contribution in [3.8, 4) is 0 Å². The minimum Gasteiger partial charge on any atom is -0.340 e. The molecule has 0 spiro atoms. The van der Waals surface area contributed by atoms with Crippen LogP contribution in [0.3, 0.4) is 0 Å². The highest BCUT2D eigenvalue weighted by Crippen LogP contribution is 2.23. The highest BCUT2D eigenvalue weighted by molar-refractivity contribution is 6.42. The molecule has 1 rings (SSSR count). The Morgan fingerprint density at radius 3 is 2.62 bits per heavy atom. The lowest BCUT2D eigenvalue weighted by molar-refractivity contribution is 0.0797. The highest BCUT2D eigenvalue weighted by atomic mass is 35.5. The van der Waals surface area contributed by atoms with Crippen LogP contribution in [-0.4, -0.2) is 38.0 Å². The Morgan fingerprint density at radius 1 is 1.38 bits per heavy atom. The highest BCUT2D eigenvalue weighted by Gasteiger charge is 2.12. The maximum absolute atomic E-state index is 11.9. The van der Waals surface area contributed by atoms with Crippen LogP contribution in [0, 0.1) is 0 Å². The number of likely N-dealkylation sites (N-methyl/N-ethyl adjacent to an activating group) is 2. The topological polar surface area (TPSA) is 32.3 Å². The third-order valence-electron chi connectivity index (χ3n) is 2.21. The van der Waals surface area contributed by atoms with Gasteiger partial charge in [0, 0.05) is 25.7 Å². The molecule has 0 unspecified atom stereocenters. The standard InChI is InChI=1S/C11H14Cl2N2O/c1-14-5-6-15(2)11(16)8-3-4-9(12)10(13)7-8/h3-4,7,14H,5-6H2,1-2H3. The second kappa shape index (κ2) is 6.09. The summed E-state index contributed by atoms with van der Waals surface area (Å²) in [4.78, 5) is 13.5. The first-order chi connectivity index (χ1) is 7.56. The first kappa shape index (κ1) is 13.3. The molecule has 0 bridgehead atoms. The van der Waals surface area contributed by atoms with Crippen LogP contribution < -0.4 is 5.32 Å². The summed E-state index contributed by atoms with van der Waals surface area (Å²) >= 11 is 11.6. The van der Waals surface area contributed by atoms with Crippen LogP contribution in [0.2, 0.25) is 10.0 Å². The normalized spacial score (nSPS) is 10.2. The number of nitrogens with one attached hydrogen (secondary N) is 1. The van der Waals surface area contributed by atoms with E-state index >= 15 is 0 Å². The van der Waals surface area contributed by atoms with Gasteiger partial charge in [0.05, 0.1) is 10.0 Å². The van der Waals surface area contributed by atoms with E-state index in [0.29, 0.717) is 22.2 Å². The average Bonchev–Trinajstić information content (AvgIpc) is 2.28. The van der Waals surface area contributed by atoms with Crippen LogP contribution in [0.15, 0.2) is 18.2 Å². The fourth-order valence-electron chi connectivity index (χ4n) is 1.23. The number of carbonyl (C=O) groups is 1. The van der Waals surface area contributed by atoms with E-state index < -0.39 is 0 Å². The molecule has 0 heterocycles. The zero-order chi connectivity index (χ0) is 12.1. The molecule has 0 aliphatic rings. The molecule has 88 valence electrons. The summed E-state index contributed by atoms with van der Waals surface area (Å²) in [6, 6.07) is 4.89. The van der Waals surface area contributed by atoms with E-state index in [0.717, 1.165) is 6.54 Å². The Bertz CT molecular complexity index is 382. The van der Waals surface area contributed by atoms with Crippen LogP contribution >= 0.6 is 23.2 Å². The number of carbonyl (C=O) groups excluding carboxylic acids is 1. The Kier molecular flexibility index (Phi) is 5.06. The zero-order valence-corrected chi connectivity index (χ0v) is 10.8. The van der Waals surface area contributed by atoms with Gasteiger partial charge in [-0.3, -0.25) is 4.79 Å². The van der Waals surface area contributed by atoms with Gasteiger partial charge in [0.2, 0.25) is 0 Å². The maximum atomic E-state index is 11.9. The van der Waals surface area contributed by atoms with Crippen molar-refractivity contribution in [2.24, 2.45) is 0 Å². The number of amides is 1. The van der Waals surface area contributed by atoms with Crippen molar-refractivity contribution < 1.29 is 4.79 Å². The van der Waals surface area contributed by atoms with Gasteiger partial charge < -0.3 is 10.2 Å². The number of hydrogen-bond donors (Lipinski definition) is 1. The number of hydrogen-bond acceptors (Lipinski definition) is 2. The van der Waals surface area contributed by atoms with E-state index in [2.05, 4.69) is 5.32 Å². The van der Waals surface area contributed by atoms with Crippen LogP contribution in [-0.2, 0) is 0 Å². The third-order valence-corrected chi connectivity index (χ3v) is 2.95. The molecular formula is C11H14Cl2N2O. The van der Waals surface area contributed by atoms with Gasteiger partial charge in [-0.1, -0.05) is 23.2 Å². The molecule has 0 saturated heterocycles. The van der Waals surface area contributed by atoms with Gasteiger partial charge >= 0.3 is 0 Å². The fraction of sp³-hybridized carbons (Fsp3) is 0.364. The second-order valence-electron chi connectivity index (χ2n) is 3.46. The summed E-state index contributed by atoms with van der Waals surface area (Å²) in [6.07, 6.45) is 0. The summed E-state index contributed by atoms with van der Waals surface area (Å²) in [5, 5.41) is 3.84. The van der Waals surface area contributed by atoms with E-state index in [4.69, 9.17) is 23.2 Å². The lowest BCUT2D eigenvalue weighted by Gasteiger charge is -2.17. The van der Waals surface area contributed by atoms with Crippen molar-refractivity contribution in [1.82, 2.24) is 10.2 Å². The van der Waals surface area contributed by atoms with Crippen molar-refractivity contribution in [2.75, 3.05) is 27.2 Å². The molecule has 5 heteroatoms. The van der Waals surface area contributed by atoms with Crippen molar-refractivity contribution in [1.29, 1.82) is 0 Å². The molecule has 3 nitrogen and oxygen atoms in total. The van der Waals surface area contributed by atoms with Crippen LogP contribution in [0.1, 0.15) is 10.4 Å². The van der Waals surface area contributed by atoms with E-state index in [1.165, 1.54) is 0 Å². The van der Waals surface area contributed by atoms with Crippen molar-refractivity contribution in [3.63, 3.8) is 0 Å². The SMILES string of the molecule is CNCCN(C)C(=O)c1ccc(Cl)c(Cl)c1. The van der Waals surface area contributed by atoms with Crippen molar-refractivity contribution >= 4 is 29.1 Å². The second-order valence-corrected chi connectivity index (χ2v) is 4.27. The van der Waals surface area contributed by atoms with Gasteiger partial charge in [-0.05, 0) is 25.2 Å². The lowest BCUT2D eigenvalue weighted by atomic mass is 10.2. The Hall–Kier alpha value is -0.770. The first-order valence-electron chi connectivity index (χ1n) is 4.91. The molecule has 16 heavy (non-hydrogen) atoms. The molecule has 0 aliphatic heterocycles. The smallest absolute Gasteiger partial charge is 0.253 e. The Labute approximate surface area is 105 Å². The molecule has 0 saturated carbocycles. The van der Waals surface area contributed by atoms with Crippen LogP contribution in [0.5, 0.6) is 0 Å². The molecule has 1 aromatic rings. The predicted octanol–water partition coefficient (Wildman–Crippen LogP) is 2.28. The van der Waals surface area contributed by atoms with Crippen LogP contribution in [0.25, 0.3) is 0 Å². The van der Waals surface area contributed by atoms with Crippen LogP contribution in [0.4, 0.5) is 0 Å². The minimum atomic E-state index is -0.0613. The van der Waals surface area contributed by atoms with Gasteiger partial charge in [0.15, 0.2) is 0 Å². The molecule has 0 aromatic heterocycles. The molecule has 1 N–H and O–H groups in total. The predicted molar refractivity (Wildman–Crippen MR) is 67.3 cm³/mol. The zero-order valence-electron chi connectivity index (χ0n) is 9.26. The first-order valence-corrected chi connectivity index (χ1v) is 5.67. The third kappa shape index (κ3) is 3.37.